The van der Waals surface area contributed by atoms with Gasteiger partial charge in [0.2, 0.25) is 0 Å². The number of hydrogen-bond acceptors (Lipinski definition) is 2. The van der Waals surface area contributed by atoms with E-state index in [-0.39, 0.29) is 0 Å². The molecule has 0 radical (unpaired) electrons. The molecule has 0 saturated carbocycles. The lowest BCUT2D eigenvalue weighted by Gasteiger charge is -2.07. The number of ether oxygens (including phenoxy) is 1. The molecule has 16 heavy (non-hydrogen) atoms. The lowest BCUT2D eigenvalue weighted by molar-refractivity contribution is 0.114. The fourth-order valence-electron chi connectivity index (χ4n) is 0.740. The van der Waals surface area contributed by atoms with Crippen molar-refractivity contribution in [1.29, 1.82) is 0 Å². The predicted octanol–water partition coefficient (Wildman–Crippen LogP) is 3.73. The average molecular weight is 232 g/mol. The first-order valence-corrected chi connectivity index (χ1v) is 6.58. The third-order valence-electron chi connectivity index (χ3n) is 2.04. The minimum atomic E-state index is 0.306. The van der Waals surface area contributed by atoms with Crippen LogP contribution < -0.4 is 0 Å². The van der Waals surface area contributed by atoms with Gasteiger partial charge in [-0.3, -0.25) is 0 Å². The Kier molecular flexibility index (Phi) is 14.8. The fraction of sp³-hybridized carbons (Fsp3) is 1.00. The van der Waals surface area contributed by atoms with Crippen molar-refractivity contribution in [3.63, 3.8) is 0 Å². The molecule has 0 heterocycles. The molecule has 0 unspecified atom stereocenters. The van der Waals surface area contributed by atoms with Crippen LogP contribution in [-0.2, 0) is 4.74 Å². The van der Waals surface area contributed by atoms with Gasteiger partial charge in [0.15, 0.2) is 0 Å². The highest BCUT2D eigenvalue weighted by Crippen LogP contribution is 2.02. The van der Waals surface area contributed by atoms with Crippen LogP contribution in [0.15, 0.2) is 0 Å². The second kappa shape index (κ2) is 13.0. The SMILES string of the molecule is CC(C)CCOCCC(C)C.CC(C)CO. The largest absolute Gasteiger partial charge is 0.396 e. The summed E-state index contributed by atoms with van der Waals surface area (Å²) in [6.45, 7) is 15.0. The van der Waals surface area contributed by atoms with E-state index >= 15 is 0 Å². The molecule has 0 bridgehead atoms. The molecule has 2 heteroatoms. The van der Waals surface area contributed by atoms with E-state index in [9.17, 15) is 0 Å². The molecular formula is C14H32O2. The molecule has 0 aromatic carbocycles. The molecule has 100 valence electrons. The molecule has 0 amide bonds. The van der Waals surface area contributed by atoms with Crippen LogP contribution in [0.4, 0.5) is 0 Å². The summed E-state index contributed by atoms with van der Waals surface area (Å²) < 4.78 is 5.46. The molecule has 0 aliphatic carbocycles. The van der Waals surface area contributed by atoms with E-state index in [0.717, 1.165) is 25.0 Å². The molecule has 0 spiro atoms. The summed E-state index contributed by atoms with van der Waals surface area (Å²) >= 11 is 0. The summed E-state index contributed by atoms with van der Waals surface area (Å²) in [6, 6.07) is 0. The quantitative estimate of drug-likeness (QED) is 0.678. The molecule has 1 N–H and O–H groups in total. The standard InChI is InChI=1S/C10H22O.C4H10O/c1-9(2)5-7-11-8-6-10(3)4;1-4(2)3-5/h9-10H,5-8H2,1-4H3;4-5H,3H2,1-2H3. The average Bonchev–Trinajstić information content (AvgIpc) is 2.17. The van der Waals surface area contributed by atoms with Crippen molar-refractivity contribution in [2.75, 3.05) is 19.8 Å². The van der Waals surface area contributed by atoms with Crippen LogP contribution in [0.5, 0.6) is 0 Å². The maximum atomic E-state index is 8.14. The third kappa shape index (κ3) is 23.6. The van der Waals surface area contributed by atoms with Gasteiger partial charge in [0.05, 0.1) is 0 Å². The van der Waals surface area contributed by atoms with E-state index in [1.54, 1.807) is 0 Å². The fourth-order valence-corrected chi connectivity index (χ4v) is 0.740. The summed E-state index contributed by atoms with van der Waals surface area (Å²) in [5.74, 6) is 1.98. The summed E-state index contributed by atoms with van der Waals surface area (Å²) in [4.78, 5) is 0. The van der Waals surface area contributed by atoms with Gasteiger partial charge < -0.3 is 9.84 Å². The van der Waals surface area contributed by atoms with Crippen LogP contribution in [0, 0.1) is 17.8 Å². The number of hydrogen-bond donors (Lipinski definition) is 1. The van der Waals surface area contributed by atoms with Crippen LogP contribution in [0.25, 0.3) is 0 Å². The molecule has 0 aromatic heterocycles. The minimum Gasteiger partial charge on any atom is -0.396 e. The van der Waals surface area contributed by atoms with Gasteiger partial charge in [0.1, 0.15) is 0 Å². The van der Waals surface area contributed by atoms with E-state index in [2.05, 4.69) is 27.7 Å². The van der Waals surface area contributed by atoms with Crippen molar-refractivity contribution < 1.29 is 9.84 Å². The highest BCUT2D eigenvalue weighted by molar-refractivity contribution is 4.45. The van der Waals surface area contributed by atoms with Crippen LogP contribution in [0.3, 0.4) is 0 Å². The number of rotatable bonds is 7. The predicted molar refractivity (Wildman–Crippen MR) is 71.7 cm³/mol. The van der Waals surface area contributed by atoms with Crippen LogP contribution >= 0.6 is 0 Å². The van der Waals surface area contributed by atoms with Gasteiger partial charge in [-0.15, -0.1) is 0 Å². The summed E-state index contributed by atoms with van der Waals surface area (Å²) in [5, 5.41) is 8.14. The smallest absolute Gasteiger partial charge is 0.0468 e. The van der Waals surface area contributed by atoms with Crippen LogP contribution in [-0.4, -0.2) is 24.9 Å². The maximum Gasteiger partial charge on any atom is 0.0468 e. The normalized spacial score (nSPS) is 10.9. The Labute approximate surface area is 102 Å². The molecule has 0 aliphatic rings. The van der Waals surface area contributed by atoms with Gasteiger partial charge in [-0.05, 0) is 30.6 Å². The number of aliphatic hydroxyl groups is 1. The third-order valence-corrected chi connectivity index (χ3v) is 2.04. The minimum absolute atomic E-state index is 0.306. The molecule has 0 aliphatic heterocycles. The highest BCUT2D eigenvalue weighted by atomic mass is 16.5. The van der Waals surface area contributed by atoms with E-state index in [1.165, 1.54) is 12.8 Å². The highest BCUT2D eigenvalue weighted by Gasteiger charge is 1.95. The van der Waals surface area contributed by atoms with Gasteiger partial charge in [0.25, 0.3) is 0 Å². The van der Waals surface area contributed by atoms with E-state index in [1.807, 2.05) is 13.8 Å². The molecular weight excluding hydrogens is 200 g/mol. The molecule has 2 nitrogen and oxygen atoms in total. The molecule has 0 aromatic rings. The van der Waals surface area contributed by atoms with Gasteiger partial charge in [-0.2, -0.15) is 0 Å². The summed E-state index contributed by atoms with van der Waals surface area (Å²) in [7, 11) is 0. The second-order valence-corrected chi connectivity index (χ2v) is 5.55. The van der Waals surface area contributed by atoms with Crippen LogP contribution in [0.2, 0.25) is 0 Å². The molecule has 0 atom stereocenters. The Morgan fingerprint density at radius 3 is 1.25 bits per heavy atom. The Balaban J connectivity index is 0. The Hall–Kier alpha value is -0.0800. The molecule has 0 fully saturated rings. The zero-order valence-corrected chi connectivity index (χ0v) is 12.1. The zero-order chi connectivity index (χ0) is 13.0. The first kappa shape index (κ1) is 18.3. The van der Waals surface area contributed by atoms with Gasteiger partial charge in [-0.1, -0.05) is 41.5 Å². The summed E-state index contributed by atoms with van der Waals surface area (Å²) in [6.07, 6.45) is 2.39. The molecule has 0 rings (SSSR count). The topological polar surface area (TPSA) is 29.5 Å². The van der Waals surface area contributed by atoms with Crippen molar-refractivity contribution >= 4 is 0 Å². The van der Waals surface area contributed by atoms with Crippen LogP contribution in [0.1, 0.15) is 54.4 Å². The van der Waals surface area contributed by atoms with Crippen molar-refractivity contribution in [2.24, 2.45) is 17.8 Å². The van der Waals surface area contributed by atoms with Crippen molar-refractivity contribution in [1.82, 2.24) is 0 Å². The van der Waals surface area contributed by atoms with Crippen molar-refractivity contribution in [3.05, 3.63) is 0 Å². The zero-order valence-electron chi connectivity index (χ0n) is 12.1. The van der Waals surface area contributed by atoms with E-state index < -0.39 is 0 Å². The van der Waals surface area contributed by atoms with Gasteiger partial charge in [0, 0.05) is 19.8 Å². The lowest BCUT2D eigenvalue weighted by Crippen LogP contribution is -2.02. The Bertz CT molecular complexity index is 110. The second-order valence-electron chi connectivity index (χ2n) is 5.55. The maximum absolute atomic E-state index is 8.14. The molecule has 0 saturated heterocycles. The van der Waals surface area contributed by atoms with Crippen molar-refractivity contribution in [3.8, 4) is 0 Å². The Morgan fingerprint density at radius 2 is 1.06 bits per heavy atom. The lowest BCUT2D eigenvalue weighted by atomic mass is 10.1. The summed E-state index contributed by atoms with van der Waals surface area (Å²) in [5.41, 5.74) is 0. The first-order valence-electron chi connectivity index (χ1n) is 6.58. The first-order chi connectivity index (χ1) is 7.40. The van der Waals surface area contributed by atoms with Gasteiger partial charge in [-0.25, -0.2) is 0 Å². The Morgan fingerprint density at radius 1 is 0.750 bits per heavy atom. The van der Waals surface area contributed by atoms with E-state index in [4.69, 9.17) is 9.84 Å². The van der Waals surface area contributed by atoms with Gasteiger partial charge >= 0.3 is 0 Å². The van der Waals surface area contributed by atoms with E-state index in [0.29, 0.717) is 12.5 Å². The number of aliphatic hydroxyl groups excluding tert-OH is 1. The monoisotopic (exact) mass is 232 g/mol. The van der Waals surface area contributed by atoms with Crippen molar-refractivity contribution in [2.45, 2.75) is 54.4 Å².